The zero-order valence-corrected chi connectivity index (χ0v) is 14.0. The van der Waals surface area contributed by atoms with Gasteiger partial charge < -0.3 is 5.32 Å². The van der Waals surface area contributed by atoms with E-state index in [2.05, 4.69) is 91.1 Å². The van der Waals surface area contributed by atoms with E-state index in [4.69, 9.17) is 0 Å². The van der Waals surface area contributed by atoms with Crippen molar-refractivity contribution in [3.63, 3.8) is 0 Å². The Balaban J connectivity index is 2.04. The summed E-state index contributed by atoms with van der Waals surface area (Å²) in [6, 6.07) is 22.3. The summed E-state index contributed by atoms with van der Waals surface area (Å²) in [5.41, 5.74) is 0. The monoisotopic (exact) mass is 307 g/mol. The van der Waals surface area contributed by atoms with Crippen LogP contribution in [-0.4, -0.2) is 13.1 Å². The van der Waals surface area contributed by atoms with Crippen LogP contribution in [0.4, 0.5) is 0 Å². The highest BCUT2D eigenvalue weighted by atomic mass is 31.1. The largest absolute Gasteiger partial charge is 0.316 e. The van der Waals surface area contributed by atoms with Gasteiger partial charge in [0.1, 0.15) is 0 Å². The van der Waals surface area contributed by atoms with E-state index in [0.29, 0.717) is 12.0 Å². The number of allylic oxidation sites excluding steroid dienone is 2. The fourth-order valence-electron chi connectivity index (χ4n) is 2.91. The molecule has 2 aromatic rings. The Kier molecular flexibility index (Phi) is 4.87. The maximum Gasteiger partial charge on any atom is 0.0183 e. The molecule has 1 aliphatic rings. The van der Waals surface area contributed by atoms with Gasteiger partial charge in [-0.15, -0.1) is 0 Å². The first kappa shape index (κ1) is 15.2. The molecular weight excluding hydrogens is 285 g/mol. The molecule has 0 saturated heterocycles. The van der Waals surface area contributed by atoms with E-state index < -0.39 is 7.92 Å². The summed E-state index contributed by atoms with van der Waals surface area (Å²) in [6.45, 7) is 2.26. The quantitative estimate of drug-likeness (QED) is 0.829. The lowest BCUT2D eigenvalue weighted by Crippen LogP contribution is -2.31. The summed E-state index contributed by atoms with van der Waals surface area (Å²) in [5, 5.41) is 7.80. The van der Waals surface area contributed by atoms with E-state index in [0.717, 1.165) is 0 Å². The predicted octanol–water partition coefficient (Wildman–Crippen LogP) is 3.80. The van der Waals surface area contributed by atoms with E-state index in [9.17, 15) is 0 Å². The maximum absolute atomic E-state index is 3.41. The summed E-state index contributed by atoms with van der Waals surface area (Å²) in [7, 11) is 1.57. The fraction of sp³-hybridized carbons (Fsp3) is 0.200. The highest BCUT2D eigenvalue weighted by Crippen LogP contribution is 2.49. The Labute approximate surface area is 134 Å². The fourth-order valence-corrected chi connectivity index (χ4v) is 5.59. The first-order chi connectivity index (χ1) is 10.8. The van der Waals surface area contributed by atoms with Crippen molar-refractivity contribution in [2.24, 2.45) is 5.92 Å². The molecule has 112 valence electrons. The smallest absolute Gasteiger partial charge is 0.0183 e. The van der Waals surface area contributed by atoms with Gasteiger partial charge in [0.05, 0.1) is 0 Å². The average Bonchev–Trinajstić information content (AvgIpc) is 3.06. The number of nitrogens with one attached hydrogen (secondary N) is 1. The molecule has 1 nitrogen and oxygen atoms in total. The minimum absolute atomic E-state index is 0.447. The molecule has 1 N–H and O–H groups in total. The minimum atomic E-state index is -0.471. The molecule has 0 aromatic heterocycles. The van der Waals surface area contributed by atoms with Gasteiger partial charge in [-0.05, 0) is 37.8 Å². The molecule has 0 radical (unpaired) electrons. The Hall–Kier alpha value is -1.69. The molecule has 2 heteroatoms. The van der Waals surface area contributed by atoms with Gasteiger partial charge in [0, 0.05) is 12.0 Å². The third-order valence-corrected chi connectivity index (χ3v) is 6.80. The van der Waals surface area contributed by atoms with Crippen molar-refractivity contribution < 1.29 is 0 Å². The predicted molar refractivity (Wildman–Crippen MR) is 98.3 cm³/mol. The van der Waals surface area contributed by atoms with Crippen LogP contribution in [0.3, 0.4) is 0 Å². The molecule has 2 atom stereocenters. The standard InChI is InChI=1S/C20H22NP/c1-16(21-2)19-14-9-15-20(19)22(17-10-5-3-6-11-17)18-12-7-4-8-13-18/h3-16,19,21H,1-2H3/t16-,19+/m0/s1. The molecule has 2 aromatic carbocycles. The molecule has 0 saturated carbocycles. The number of hydrogen-bond acceptors (Lipinski definition) is 1. The number of hydrogen-bond donors (Lipinski definition) is 1. The van der Waals surface area contributed by atoms with Crippen LogP contribution >= 0.6 is 7.92 Å². The Morgan fingerprint density at radius 2 is 1.45 bits per heavy atom. The van der Waals surface area contributed by atoms with Crippen molar-refractivity contribution in [3.05, 3.63) is 84.2 Å². The van der Waals surface area contributed by atoms with Crippen LogP contribution in [0.5, 0.6) is 0 Å². The molecular formula is C20H22NP. The van der Waals surface area contributed by atoms with Crippen LogP contribution in [0.25, 0.3) is 0 Å². The Morgan fingerprint density at radius 3 is 1.95 bits per heavy atom. The third kappa shape index (κ3) is 3.06. The summed E-state index contributed by atoms with van der Waals surface area (Å²) >= 11 is 0. The van der Waals surface area contributed by atoms with Crippen molar-refractivity contribution in [1.29, 1.82) is 0 Å². The third-order valence-electron chi connectivity index (χ3n) is 4.21. The second-order valence-electron chi connectivity index (χ2n) is 5.59. The van der Waals surface area contributed by atoms with Crippen LogP contribution < -0.4 is 15.9 Å². The minimum Gasteiger partial charge on any atom is -0.316 e. The van der Waals surface area contributed by atoms with Crippen molar-refractivity contribution >= 4 is 18.5 Å². The Bertz CT molecular complexity index is 621. The Morgan fingerprint density at radius 1 is 0.909 bits per heavy atom. The van der Waals surface area contributed by atoms with Gasteiger partial charge in [-0.2, -0.15) is 0 Å². The van der Waals surface area contributed by atoms with Crippen molar-refractivity contribution in [2.45, 2.75) is 13.0 Å². The first-order valence-electron chi connectivity index (χ1n) is 7.77. The van der Waals surface area contributed by atoms with Crippen LogP contribution in [0.2, 0.25) is 0 Å². The highest BCUT2D eigenvalue weighted by Gasteiger charge is 2.28. The topological polar surface area (TPSA) is 12.0 Å². The van der Waals surface area contributed by atoms with Crippen molar-refractivity contribution in [3.8, 4) is 0 Å². The van der Waals surface area contributed by atoms with Gasteiger partial charge in [-0.25, -0.2) is 0 Å². The van der Waals surface area contributed by atoms with Gasteiger partial charge in [-0.3, -0.25) is 0 Å². The molecule has 0 spiro atoms. The normalized spacial score (nSPS) is 18.5. The van der Waals surface area contributed by atoms with E-state index >= 15 is 0 Å². The zero-order valence-electron chi connectivity index (χ0n) is 13.1. The molecule has 0 unspecified atom stereocenters. The van der Waals surface area contributed by atoms with E-state index in [-0.39, 0.29) is 0 Å². The second-order valence-corrected chi connectivity index (χ2v) is 7.81. The van der Waals surface area contributed by atoms with E-state index in [1.807, 2.05) is 7.05 Å². The van der Waals surface area contributed by atoms with Crippen molar-refractivity contribution in [1.82, 2.24) is 5.32 Å². The van der Waals surface area contributed by atoms with Gasteiger partial charge in [0.25, 0.3) is 0 Å². The summed E-state index contributed by atoms with van der Waals surface area (Å²) in [4.78, 5) is 0. The highest BCUT2D eigenvalue weighted by molar-refractivity contribution is 7.76. The molecule has 0 bridgehead atoms. The molecule has 0 amide bonds. The van der Waals surface area contributed by atoms with Gasteiger partial charge in [0.2, 0.25) is 0 Å². The van der Waals surface area contributed by atoms with Gasteiger partial charge in [0.15, 0.2) is 0 Å². The van der Waals surface area contributed by atoms with Crippen LogP contribution in [-0.2, 0) is 0 Å². The van der Waals surface area contributed by atoms with E-state index in [1.54, 1.807) is 0 Å². The number of rotatable bonds is 5. The lowest BCUT2D eigenvalue weighted by atomic mass is 10.0. The van der Waals surface area contributed by atoms with Crippen molar-refractivity contribution in [2.75, 3.05) is 7.05 Å². The molecule has 22 heavy (non-hydrogen) atoms. The maximum atomic E-state index is 3.41. The summed E-state index contributed by atoms with van der Waals surface area (Å²) < 4.78 is 0. The molecule has 0 fully saturated rings. The van der Waals surface area contributed by atoms with Crippen LogP contribution in [0.1, 0.15) is 6.92 Å². The molecule has 0 aliphatic heterocycles. The molecule has 1 aliphatic carbocycles. The van der Waals surface area contributed by atoms with Gasteiger partial charge >= 0.3 is 0 Å². The molecule has 0 heterocycles. The first-order valence-corrected chi connectivity index (χ1v) is 9.11. The summed E-state index contributed by atoms with van der Waals surface area (Å²) in [6.07, 6.45) is 6.87. The number of benzene rings is 2. The zero-order chi connectivity index (χ0) is 15.4. The average molecular weight is 307 g/mol. The SMILES string of the molecule is CN[C@@H](C)[C@H]1C=CC=C1P(c1ccccc1)c1ccccc1. The van der Waals surface area contributed by atoms with Crippen LogP contribution in [0, 0.1) is 5.92 Å². The lowest BCUT2D eigenvalue weighted by molar-refractivity contribution is 0.534. The summed E-state index contributed by atoms with van der Waals surface area (Å²) in [5.74, 6) is 0.469. The van der Waals surface area contributed by atoms with Crippen LogP contribution in [0.15, 0.2) is 84.2 Å². The second kappa shape index (κ2) is 7.05. The van der Waals surface area contributed by atoms with Gasteiger partial charge in [-0.1, -0.05) is 78.9 Å². The molecule has 3 rings (SSSR count). The lowest BCUT2D eigenvalue weighted by Gasteiger charge is -2.28. The van der Waals surface area contributed by atoms with E-state index in [1.165, 1.54) is 15.9 Å².